The highest BCUT2D eigenvalue weighted by Gasteiger charge is 2.40. The van der Waals surface area contributed by atoms with Gasteiger partial charge >= 0.3 is 12.3 Å². The van der Waals surface area contributed by atoms with Crippen LogP contribution in [0.25, 0.3) is 0 Å². The maximum atomic E-state index is 12.5. The lowest BCUT2D eigenvalue weighted by atomic mass is 10.1. The number of hydrogen-bond acceptors (Lipinski definition) is 1. The molecule has 0 aromatic carbocycles. The van der Waals surface area contributed by atoms with Crippen molar-refractivity contribution in [1.29, 1.82) is 0 Å². The lowest BCUT2D eigenvalue weighted by molar-refractivity contribution is -0.126. The number of halogens is 4. The lowest BCUT2D eigenvalue weighted by Crippen LogP contribution is -2.43. The number of rotatable bonds is 7. The molecule has 0 saturated heterocycles. The summed E-state index contributed by atoms with van der Waals surface area (Å²) in [6, 6.07) is -0.0929. The Morgan fingerprint density at radius 3 is 2.14 bits per heavy atom. The zero-order chi connectivity index (χ0) is 11.2. The lowest BCUT2D eigenvalue weighted by Gasteiger charge is -2.21. The summed E-state index contributed by atoms with van der Waals surface area (Å²) in [5.41, 5.74) is 0. The first kappa shape index (κ1) is 13.7. The van der Waals surface area contributed by atoms with Gasteiger partial charge in [0.05, 0.1) is 6.54 Å². The van der Waals surface area contributed by atoms with E-state index in [9.17, 15) is 17.6 Å². The van der Waals surface area contributed by atoms with Gasteiger partial charge in [0.2, 0.25) is 0 Å². The third kappa shape index (κ3) is 4.79. The number of hydrogen-bond donors (Lipinski definition) is 1. The van der Waals surface area contributed by atoms with Gasteiger partial charge in [-0.25, -0.2) is 8.78 Å². The van der Waals surface area contributed by atoms with Crippen molar-refractivity contribution in [3.05, 3.63) is 0 Å². The summed E-state index contributed by atoms with van der Waals surface area (Å²) in [5, 5.41) is 2.46. The van der Waals surface area contributed by atoms with Crippen molar-refractivity contribution in [1.82, 2.24) is 5.32 Å². The van der Waals surface area contributed by atoms with Gasteiger partial charge < -0.3 is 5.32 Å². The van der Waals surface area contributed by atoms with E-state index in [1.165, 1.54) is 0 Å². The SMILES string of the molecule is CCCC(CC)NCC(F)(F)C(F)F. The molecule has 5 heteroatoms. The topological polar surface area (TPSA) is 12.0 Å². The van der Waals surface area contributed by atoms with Crippen LogP contribution in [0.1, 0.15) is 33.1 Å². The molecule has 86 valence electrons. The van der Waals surface area contributed by atoms with Crippen LogP contribution in [0.5, 0.6) is 0 Å². The Bertz CT molecular complexity index is 150. The van der Waals surface area contributed by atoms with Crippen molar-refractivity contribution < 1.29 is 17.6 Å². The molecule has 1 nitrogen and oxygen atoms in total. The molecule has 1 N–H and O–H groups in total. The molecule has 0 bridgehead atoms. The maximum Gasteiger partial charge on any atom is 0.319 e. The fraction of sp³-hybridized carbons (Fsp3) is 1.00. The third-order valence-corrected chi connectivity index (χ3v) is 2.08. The van der Waals surface area contributed by atoms with Crippen LogP contribution < -0.4 is 5.32 Å². The summed E-state index contributed by atoms with van der Waals surface area (Å²) in [4.78, 5) is 0. The molecule has 1 unspecified atom stereocenters. The van der Waals surface area contributed by atoms with Gasteiger partial charge in [0, 0.05) is 6.04 Å². The Kier molecular flexibility index (Phi) is 6.08. The molecule has 0 aromatic rings. The predicted molar refractivity (Wildman–Crippen MR) is 47.9 cm³/mol. The average Bonchev–Trinajstić information content (AvgIpc) is 2.12. The van der Waals surface area contributed by atoms with Crippen molar-refractivity contribution >= 4 is 0 Å². The van der Waals surface area contributed by atoms with E-state index in [4.69, 9.17) is 0 Å². The van der Waals surface area contributed by atoms with Crippen LogP contribution in [-0.4, -0.2) is 24.9 Å². The van der Waals surface area contributed by atoms with E-state index in [-0.39, 0.29) is 6.04 Å². The van der Waals surface area contributed by atoms with Gasteiger partial charge in [-0.05, 0) is 12.8 Å². The Morgan fingerprint density at radius 1 is 1.21 bits per heavy atom. The molecule has 1 atom stereocenters. The van der Waals surface area contributed by atoms with Crippen LogP contribution in [0.15, 0.2) is 0 Å². The van der Waals surface area contributed by atoms with Crippen LogP contribution in [0.3, 0.4) is 0 Å². The standard InChI is InChI=1S/C9H17F4N/c1-3-5-7(4-2)14-6-9(12,13)8(10)11/h7-8,14H,3-6H2,1-2H3. The molecule has 0 aromatic heterocycles. The van der Waals surface area contributed by atoms with Crippen molar-refractivity contribution in [3.8, 4) is 0 Å². The fourth-order valence-electron chi connectivity index (χ4n) is 1.16. The van der Waals surface area contributed by atoms with Crippen molar-refractivity contribution in [2.24, 2.45) is 0 Å². The van der Waals surface area contributed by atoms with E-state index in [1.54, 1.807) is 0 Å². The van der Waals surface area contributed by atoms with Crippen LogP contribution in [0.2, 0.25) is 0 Å². The van der Waals surface area contributed by atoms with Gasteiger partial charge in [-0.15, -0.1) is 0 Å². The molecular weight excluding hydrogens is 198 g/mol. The van der Waals surface area contributed by atoms with Gasteiger partial charge in [0.25, 0.3) is 0 Å². The zero-order valence-electron chi connectivity index (χ0n) is 8.49. The van der Waals surface area contributed by atoms with Crippen molar-refractivity contribution in [2.45, 2.75) is 51.5 Å². The summed E-state index contributed by atoms with van der Waals surface area (Å²) in [6.45, 7) is 2.83. The molecule has 0 aliphatic carbocycles. The Balaban J connectivity index is 3.89. The second-order valence-electron chi connectivity index (χ2n) is 3.34. The first-order valence-electron chi connectivity index (χ1n) is 4.83. The summed E-state index contributed by atoms with van der Waals surface area (Å²) in [7, 11) is 0. The molecule has 0 fully saturated rings. The first-order valence-corrected chi connectivity index (χ1v) is 4.83. The Hall–Kier alpha value is -0.320. The molecule has 0 rings (SSSR count). The molecular formula is C9H17F4N. The molecule has 0 aliphatic rings. The second-order valence-corrected chi connectivity index (χ2v) is 3.34. The van der Waals surface area contributed by atoms with E-state index in [1.807, 2.05) is 13.8 Å². The highest BCUT2D eigenvalue weighted by molar-refractivity contribution is 4.75. The fourth-order valence-corrected chi connectivity index (χ4v) is 1.16. The smallest absolute Gasteiger partial charge is 0.308 e. The highest BCUT2D eigenvalue weighted by Crippen LogP contribution is 2.21. The van der Waals surface area contributed by atoms with Crippen LogP contribution in [-0.2, 0) is 0 Å². The van der Waals surface area contributed by atoms with Crippen LogP contribution in [0, 0.1) is 0 Å². The van der Waals surface area contributed by atoms with Gasteiger partial charge in [-0.3, -0.25) is 0 Å². The molecule has 14 heavy (non-hydrogen) atoms. The van der Waals surface area contributed by atoms with Gasteiger partial charge in [0.1, 0.15) is 0 Å². The minimum atomic E-state index is -3.92. The molecule has 0 radical (unpaired) electrons. The quantitative estimate of drug-likeness (QED) is 0.643. The highest BCUT2D eigenvalue weighted by atomic mass is 19.3. The van der Waals surface area contributed by atoms with Gasteiger partial charge in [-0.1, -0.05) is 20.3 Å². The van der Waals surface area contributed by atoms with Crippen molar-refractivity contribution in [2.75, 3.05) is 6.54 Å². The number of nitrogens with one attached hydrogen (secondary N) is 1. The minimum Gasteiger partial charge on any atom is -0.308 e. The van der Waals surface area contributed by atoms with Gasteiger partial charge in [0.15, 0.2) is 0 Å². The van der Waals surface area contributed by atoms with Gasteiger partial charge in [-0.2, -0.15) is 8.78 Å². The zero-order valence-corrected chi connectivity index (χ0v) is 8.49. The molecule has 0 amide bonds. The van der Waals surface area contributed by atoms with E-state index < -0.39 is 18.9 Å². The van der Waals surface area contributed by atoms with E-state index in [2.05, 4.69) is 5.32 Å². The van der Waals surface area contributed by atoms with E-state index in [0.29, 0.717) is 6.42 Å². The maximum absolute atomic E-state index is 12.5. The largest absolute Gasteiger partial charge is 0.319 e. The minimum absolute atomic E-state index is 0.0929. The summed E-state index contributed by atoms with van der Waals surface area (Å²) in [6.07, 6.45) is -1.33. The normalized spacial score (nSPS) is 14.8. The summed E-state index contributed by atoms with van der Waals surface area (Å²) < 4.78 is 48.5. The molecule has 0 aliphatic heterocycles. The molecule has 0 saturated carbocycles. The predicted octanol–water partition coefficient (Wildman–Crippen LogP) is 3.06. The van der Waals surface area contributed by atoms with E-state index in [0.717, 1.165) is 12.8 Å². The Morgan fingerprint density at radius 2 is 1.79 bits per heavy atom. The number of alkyl halides is 4. The molecule has 0 spiro atoms. The van der Waals surface area contributed by atoms with Crippen molar-refractivity contribution in [3.63, 3.8) is 0 Å². The monoisotopic (exact) mass is 215 g/mol. The van der Waals surface area contributed by atoms with Crippen LogP contribution >= 0.6 is 0 Å². The summed E-state index contributed by atoms with van der Waals surface area (Å²) in [5.74, 6) is -3.92. The van der Waals surface area contributed by atoms with Crippen LogP contribution in [0.4, 0.5) is 17.6 Å². The van der Waals surface area contributed by atoms with E-state index >= 15 is 0 Å². The Labute approximate surface area is 81.9 Å². The summed E-state index contributed by atoms with van der Waals surface area (Å²) >= 11 is 0. The average molecular weight is 215 g/mol. The second kappa shape index (κ2) is 6.22. The first-order chi connectivity index (χ1) is 6.44. The third-order valence-electron chi connectivity index (χ3n) is 2.08. The molecule has 0 heterocycles.